The third kappa shape index (κ3) is 2.70. The number of nitrogens with zero attached hydrogens (tertiary/aromatic N) is 2. The fourth-order valence-corrected chi connectivity index (χ4v) is 2.13. The van der Waals surface area contributed by atoms with Gasteiger partial charge in [0.2, 0.25) is 0 Å². The zero-order valence-corrected chi connectivity index (χ0v) is 9.37. The van der Waals surface area contributed by atoms with Crippen LogP contribution in [0, 0.1) is 12.8 Å². The van der Waals surface area contributed by atoms with Gasteiger partial charge in [0, 0.05) is 19.3 Å². The lowest BCUT2D eigenvalue weighted by Gasteiger charge is -2.33. The smallest absolute Gasteiger partial charge is 0.356 e. The Morgan fingerprint density at radius 2 is 2.18 bits per heavy atom. The summed E-state index contributed by atoms with van der Waals surface area (Å²) in [7, 11) is 0. The number of pyridine rings is 1. The summed E-state index contributed by atoms with van der Waals surface area (Å²) >= 11 is 0. The first-order chi connectivity index (χ1) is 7.98. The van der Waals surface area contributed by atoms with Gasteiger partial charge in [-0.25, -0.2) is 4.98 Å². The van der Waals surface area contributed by atoms with Crippen LogP contribution in [0.1, 0.15) is 18.4 Å². The minimum atomic E-state index is -4.35. The molecule has 0 N–H and O–H groups in total. The quantitative estimate of drug-likeness (QED) is 0.753. The second-order valence-electron chi connectivity index (χ2n) is 4.33. The topological polar surface area (TPSA) is 16.1 Å². The van der Waals surface area contributed by atoms with Crippen LogP contribution < -0.4 is 4.90 Å². The molecular weight excluding hydrogens is 229 g/mol. The number of aromatic nitrogens is 1. The Bertz CT molecular complexity index is 390. The van der Waals surface area contributed by atoms with Gasteiger partial charge >= 0.3 is 6.18 Å². The fourth-order valence-electron chi connectivity index (χ4n) is 2.13. The molecule has 0 spiro atoms. The molecule has 93 valence electrons. The maximum Gasteiger partial charge on any atom is 0.419 e. The van der Waals surface area contributed by atoms with Crippen LogP contribution >= 0.6 is 0 Å². The Hall–Kier alpha value is -1.26. The predicted octanol–water partition coefficient (Wildman–Crippen LogP) is 3.15. The Labute approximate surface area is 98.5 Å². The SMILES string of the molecule is [CH2][C@H]1CCCN(c2ncccc2C(F)(F)F)C1. The summed E-state index contributed by atoms with van der Waals surface area (Å²) in [5.41, 5.74) is -0.658. The molecule has 1 radical (unpaired) electrons. The zero-order valence-electron chi connectivity index (χ0n) is 9.37. The van der Waals surface area contributed by atoms with Crippen molar-refractivity contribution in [2.45, 2.75) is 19.0 Å². The van der Waals surface area contributed by atoms with Crippen LogP contribution in [0.5, 0.6) is 0 Å². The van der Waals surface area contributed by atoms with Crippen LogP contribution in [0.15, 0.2) is 18.3 Å². The molecule has 1 saturated heterocycles. The van der Waals surface area contributed by atoms with E-state index in [0.717, 1.165) is 18.9 Å². The van der Waals surface area contributed by atoms with Crippen molar-refractivity contribution in [3.63, 3.8) is 0 Å². The van der Waals surface area contributed by atoms with Crippen molar-refractivity contribution >= 4 is 5.82 Å². The first-order valence-electron chi connectivity index (χ1n) is 5.58. The van der Waals surface area contributed by atoms with E-state index in [4.69, 9.17) is 0 Å². The van der Waals surface area contributed by atoms with E-state index in [0.29, 0.717) is 13.1 Å². The second kappa shape index (κ2) is 4.55. The summed E-state index contributed by atoms with van der Waals surface area (Å²) in [4.78, 5) is 5.57. The molecule has 0 bridgehead atoms. The van der Waals surface area contributed by atoms with Crippen molar-refractivity contribution in [1.82, 2.24) is 4.98 Å². The molecule has 1 aliphatic rings. The minimum absolute atomic E-state index is 0.0355. The van der Waals surface area contributed by atoms with Crippen molar-refractivity contribution in [3.05, 3.63) is 30.8 Å². The van der Waals surface area contributed by atoms with Crippen molar-refractivity contribution < 1.29 is 13.2 Å². The first kappa shape index (κ1) is 12.2. The molecule has 1 fully saturated rings. The van der Waals surface area contributed by atoms with Gasteiger partial charge in [-0.2, -0.15) is 13.2 Å². The Morgan fingerprint density at radius 1 is 1.41 bits per heavy atom. The van der Waals surface area contributed by atoms with E-state index < -0.39 is 11.7 Å². The number of piperidine rings is 1. The summed E-state index contributed by atoms with van der Waals surface area (Å²) in [5.74, 6) is 0.209. The minimum Gasteiger partial charge on any atom is -0.356 e. The lowest BCUT2D eigenvalue weighted by Crippen LogP contribution is -2.36. The van der Waals surface area contributed by atoms with Gasteiger partial charge in [-0.3, -0.25) is 0 Å². The van der Waals surface area contributed by atoms with E-state index in [9.17, 15) is 13.2 Å². The van der Waals surface area contributed by atoms with Crippen LogP contribution in [0.4, 0.5) is 19.0 Å². The predicted molar refractivity (Wildman–Crippen MR) is 59.5 cm³/mol. The lowest BCUT2D eigenvalue weighted by atomic mass is 10.00. The van der Waals surface area contributed by atoms with Gasteiger partial charge < -0.3 is 4.90 Å². The van der Waals surface area contributed by atoms with Gasteiger partial charge in [-0.15, -0.1) is 0 Å². The molecule has 1 atom stereocenters. The summed E-state index contributed by atoms with van der Waals surface area (Å²) in [6.07, 6.45) is -1.12. The highest BCUT2D eigenvalue weighted by atomic mass is 19.4. The van der Waals surface area contributed by atoms with Crippen LogP contribution in [-0.4, -0.2) is 18.1 Å². The monoisotopic (exact) mass is 243 g/mol. The van der Waals surface area contributed by atoms with Crippen LogP contribution in [0.3, 0.4) is 0 Å². The van der Waals surface area contributed by atoms with E-state index in [1.54, 1.807) is 4.90 Å². The van der Waals surface area contributed by atoms with Gasteiger partial charge in [-0.1, -0.05) is 0 Å². The maximum atomic E-state index is 12.8. The van der Waals surface area contributed by atoms with E-state index in [1.165, 1.54) is 12.3 Å². The molecule has 0 aliphatic carbocycles. The van der Waals surface area contributed by atoms with E-state index >= 15 is 0 Å². The fraction of sp³-hybridized carbons (Fsp3) is 0.500. The number of rotatable bonds is 1. The molecule has 0 amide bonds. The van der Waals surface area contributed by atoms with Crippen molar-refractivity contribution in [1.29, 1.82) is 0 Å². The van der Waals surface area contributed by atoms with E-state index in [1.807, 2.05) is 0 Å². The largest absolute Gasteiger partial charge is 0.419 e. The third-order valence-corrected chi connectivity index (χ3v) is 2.91. The third-order valence-electron chi connectivity index (χ3n) is 2.91. The number of anilines is 1. The molecule has 1 aromatic heterocycles. The van der Waals surface area contributed by atoms with Crippen molar-refractivity contribution in [2.24, 2.45) is 5.92 Å². The highest BCUT2D eigenvalue weighted by Crippen LogP contribution is 2.36. The van der Waals surface area contributed by atoms with Crippen LogP contribution in [0.25, 0.3) is 0 Å². The molecule has 0 saturated carbocycles. The maximum absolute atomic E-state index is 12.8. The van der Waals surface area contributed by atoms with Crippen molar-refractivity contribution in [3.8, 4) is 0 Å². The summed E-state index contributed by atoms with van der Waals surface area (Å²) in [5, 5.41) is 0. The van der Waals surface area contributed by atoms with Gasteiger partial charge in [0.1, 0.15) is 5.82 Å². The molecule has 2 rings (SSSR count). The average Bonchev–Trinajstić information content (AvgIpc) is 2.28. The molecule has 2 nitrogen and oxygen atoms in total. The standard InChI is InChI=1S/C12H14F3N2/c1-9-4-3-7-17(8-9)11-10(12(13,14)15)5-2-6-16-11/h2,5-6,9H,1,3-4,7-8H2/t9-/m0/s1. The van der Waals surface area contributed by atoms with Gasteiger partial charge in [-0.05, 0) is 37.8 Å². The normalized spacial score (nSPS) is 21.6. The summed E-state index contributed by atoms with van der Waals surface area (Å²) < 4.78 is 38.5. The van der Waals surface area contributed by atoms with Crippen LogP contribution in [0.2, 0.25) is 0 Å². The van der Waals surface area contributed by atoms with E-state index in [-0.39, 0.29) is 11.7 Å². The zero-order chi connectivity index (χ0) is 12.5. The summed E-state index contributed by atoms with van der Waals surface area (Å²) in [6.45, 7) is 5.07. The highest BCUT2D eigenvalue weighted by molar-refractivity contribution is 5.48. The van der Waals surface area contributed by atoms with Gasteiger partial charge in [0.05, 0.1) is 5.56 Å². The lowest BCUT2D eigenvalue weighted by molar-refractivity contribution is -0.137. The number of halogens is 3. The molecule has 1 aliphatic heterocycles. The average molecular weight is 243 g/mol. The van der Waals surface area contributed by atoms with E-state index in [2.05, 4.69) is 11.9 Å². The Balaban J connectivity index is 2.31. The molecule has 17 heavy (non-hydrogen) atoms. The molecule has 0 unspecified atom stereocenters. The number of alkyl halides is 3. The Kier molecular flexibility index (Phi) is 3.26. The highest BCUT2D eigenvalue weighted by Gasteiger charge is 2.36. The molecule has 1 aromatic rings. The molecular formula is C12H14F3N2. The first-order valence-corrected chi connectivity index (χ1v) is 5.58. The van der Waals surface area contributed by atoms with Crippen LogP contribution in [-0.2, 0) is 6.18 Å². The van der Waals surface area contributed by atoms with Gasteiger partial charge in [0.15, 0.2) is 0 Å². The molecule has 5 heteroatoms. The Morgan fingerprint density at radius 3 is 2.82 bits per heavy atom. The molecule has 2 heterocycles. The second-order valence-corrected chi connectivity index (χ2v) is 4.33. The van der Waals surface area contributed by atoms with Gasteiger partial charge in [0.25, 0.3) is 0 Å². The van der Waals surface area contributed by atoms with Crippen molar-refractivity contribution in [2.75, 3.05) is 18.0 Å². The number of hydrogen-bond donors (Lipinski definition) is 0. The molecule has 0 aromatic carbocycles. The number of hydrogen-bond acceptors (Lipinski definition) is 2. The summed E-state index contributed by atoms with van der Waals surface area (Å²) in [6, 6.07) is 2.40.